The van der Waals surface area contributed by atoms with Crippen LogP contribution in [0.2, 0.25) is 0 Å². The zero-order valence-corrected chi connectivity index (χ0v) is 20.5. The van der Waals surface area contributed by atoms with Gasteiger partial charge in [0.1, 0.15) is 6.67 Å². The minimum Gasteiger partial charge on any atom is -0.434 e. The third kappa shape index (κ3) is 10.4. The first-order valence-electron chi connectivity index (χ1n) is 10.4. The molecule has 7 nitrogen and oxygen atoms in total. The van der Waals surface area contributed by atoms with E-state index in [0.29, 0.717) is 6.42 Å². The molecular weight excluding hydrogens is 484 g/mol. The van der Waals surface area contributed by atoms with Gasteiger partial charge < -0.3 is 14.8 Å². The highest BCUT2D eigenvalue weighted by Crippen LogP contribution is 2.25. The molecule has 1 amide bonds. The fraction of sp³-hybridized carbons (Fsp3) is 0.619. The minimum atomic E-state index is -3.46. The molecule has 0 aliphatic heterocycles. The molecule has 0 saturated carbocycles. The highest BCUT2D eigenvalue weighted by atomic mass is 35.5. The van der Waals surface area contributed by atoms with Gasteiger partial charge in [0.05, 0.1) is 17.5 Å². The van der Waals surface area contributed by atoms with Crippen LogP contribution in [0.3, 0.4) is 0 Å². The number of rotatable bonds is 14. The summed E-state index contributed by atoms with van der Waals surface area (Å²) in [6, 6.07) is 4.02. The van der Waals surface area contributed by atoms with Crippen LogP contribution in [0, 0.1) is 0 Å². The largest absolute Gasteiger partial charge is 0.508 e. The lowest BCUT2D eigenvalue weighted by atomic mass is 10.0. The van der Waals surface area contributed by atoms with E-state index in [1.54, 1.807) is 0 Å². The van der Waals surface area contributed by atoms with E-state index in [-0.39, 0.29) is 17.1 Å². The first-order chi connectivity index (χ1) is 15.1. The van der Waals surface area contributed by atoms with Gasteiger partial charge in [-0.1, -0.05) is 74.4 Å². The number of hydrogen-bond donors (Lipinski definition) is 1. The van der Waals surface area contributed by atoms with E-state index >= 15 is 0 Å². The molecule has 0 heterocycles. The SMILES string of the molecule is CCCCCCCCOC(=O)OC(c1ccc(S(C)(=O)=O)cc1)C(CF)NC(=O)C(Cl)Cl. The van der Waals surface area contributed by atoms with Gasteiger partial charge in [0, 0.05) is 6.26 Å². The van der Waals surface area contributed by atoms with E-state index in [2.05, 4.69) is 12.2 Å². The fourth-order valence-corrected chi connectivity index (χ4v) is 3.66. The summed E-state index contributed by atoms with van der Waals surface area (Å²) in [5.74, 6) is -0.863. The second-order valence-corrected chi connectivity index (χ2v) is 10.4. The summed E-state index contributed by atoms with van der Waals surface area (Å²) in [6.45, 7) is 1.16. The molecule has 2 atom stereocenters. The van der Waals surface area contributed by atoms with Crippen molar-refractivity contribution < 1.29 is 31.9 Å². The molecule has 0 saturated heterocycles. The summed E-state index contributed by atoms with van der Waals surface area (Å²) in [7, 11) is -3.46. The maximum absolute atomic E-state index is 13.8. The first kappa shape index (κ1) is 28.5. The van der Waals surface area contributed by atoms with Gasteiger partial charge in [-0.2, -0.15) is 0 Å². The maximum Gasteiger partial charge on any atom is 0.508 e. The van der Waals surface area contributed by atoms with Crippen molar-refractivity contribution in [3.63, 3.8) is 0 Å². The van der Waals surface area contributed by atoms with Crippen molar-refractivity contribution in [2.75, 3.05) is 19.5 Å². The molecule has 0 spiro atoms. The molecule has 32 heavy (non-hydrogen) atoms. The highest BCUT2D eigenvalue weighted by molar-refractivity contribution is 7.90. The van der Waals surface area contributed by atoms with E-state index in [9.17, 15) is 22.4 Å². The lowest BCUT2D eigenvalue weighted by molar-refractivity contribution is -0.121. The van der Waals surface area contributed by atoms with Crippen LogP contribution in [0.5, 0.6) is 0 Å². The number of carbonyl (C=O) groups excluding carboxylic acids is 2. The quantitative estimate of drug-likeness (QED) is 0.215. The van der Waals surface area contributed by atoms with Gasteiger partial charge in [0.15, 0.2) is 20.8 Å². The molecule has 0 fully saturated rings. The molecule has 11 heteroatoms. The lowest BCUT2D eigenvalue weighted by Crippen LogP contribution is -2.44. The number of ether oxygens (including phenoxy) is 2. The Labute approximate surface area is 198 Å². The standard InChI is InChI=1S/C21H30Cl2FNO6S/c1-3-4-5-6-7-8-13-30-21(27)31-18(17(14-24)25-20(26)19(22)23)15-9-11-16(12-10-15)32(2,28)29/h9-12,17-19H,3-8,13-14H2,1-2H3,(H,25,26). The molecule has 2 unspecified atom stereocenters. The van der Waals surface area contributed by atoms with Crippen LogP contribution in [0.15, 0.2) is 29.2 Å². The zero-order valence-electron chi connectivity index (χ0n) is 18.2. The Morgan fingerprint density at radius 2 is 1.66 bits per heavy atom. The Kier molecular flexibility index (Phi) is 12.9. The lowest BCUT2D eigenvalue weighted by Gasteiger charge is -2.26. The summed E-state index contributed by atoms with van der Waals surface area (Å²) in [5.41, 5.74) is 0.262. The number of alkyl halides is 3. The van der Waals surface area contributed by atoms with Crippen LogP contribution in [-0.4, -0.2) is 50.9 Å². The number of benzene rings is 1. The summed E-state index contributed by atoms with van der Waals surface area (Å²) in [4.78, 5) is 22.6. The van der Waals surface area contributed by atoms with Crippen LogP contribution in [-0.2, 0) is 24.1 Å². The van der Waals surface area contributed by atoms with Crippen molar-refractivity contribution in [3.8, 4) is 0 Å². The van der Waals surface area contributed by atoms with Crippen molar-refractivity contribution in [2.24, 2.45) is 0 Å². The topological polar surface area (TPSA) is 98.8 Å². The number of sulfone groups is 1. The van der Waals surface area contributed by atoms with Crippen molar-refractivity contribution in [3.05, 3.63) is 29.8 Å². The van der Waals surface area contributed by atoms with Gasteiger partial charge in [0.25, 0.3) is 5.91 Å². The number of hydrogen-bond acceptors (Lipinski definition) is 6. The number of unbranched alkanes of at least 4 members (excludes halogenated alkanes) is 5. The molecular formula is C21H30Cl2FNO6S. The molecule has 0 radical (unpaired) electrons. The van der Waals surface area contributed by atoms with Crippen molar-refractivity contribution >= 4 is 45.1 Å². The first-order valence-corrected chi connectivity index (χ1v) is 13.1. The molecule has 0 bridgehead atoms. The second-order valence-electron chi connectivity index (χ2n) is 7.32. The van der Waals surface area contributed by atoms with E-state index < -0.39 is 45.6 Å². The Hall–Kier alpha value is -1.58. The van der Waals surface area contributed by atoms with Crippen LogP contribution >= 0.6 is 23.2 Å². The molecule has 0 aliphatic rings. The van der Waals surface area contributed by atoms with Gasteiger partial charge in [-0.3, -0.25) is 4.79 Å². The van der Waals surface area contributed by atoms with E-state index in [1.807, 2.05) is 0 Å². The average molecular weight is 514 g/mol. The number of nitrogens with one attached hydrogen (secondary N) is 1. The molecule has 182 valence electrons. The third-order valence-electron chi connectivity index (χ3n) is 4.64. The molecule has 0 aliphatic carbocycles. The van der Waals surface area contributed by atoms with Crippen molar-refractivity contribution in [2.45, 2.75) is 67.3 Å². The summed E-state index contributed by atoms with van der Waals surface area (Å²) in [6.07, 6.45) is 4.73. The van der Waals surface area contributed by atoms with Crippen LogP contribution < -0.4 is 5.32 Å². The van der Waals surface area contributed by atoms with Gasteiger partial charge in [-0.05, 0) is 24.1 Å². The normalized spacial score (nSPS) is 13.4. The summed E-state index contributed by atoms with van der Waals surface area (Å²) >= 11 is 11.0. The van der Waals surface area contributed by atoms with Crippen LogP contribution in [0.25, 0.3) is 0 Å². The predicted octanol–water partition coefficient (Wildman–Crippen LogP) is 4.90. The zero-order chi connectivity index (χ0) is 24.1. The van der Waals surface area contributed by atoms with E-state index in [4.69, 9.17) is 32.7 Å². The minimum absolute atomic E-state index is 0.0352. The maximum atomic E-state index is 13.8. The Morgan fingerprint density at radius 3 is 2.19 bits per heavy atom. The van der Waals surface area contributed by atoms with Crippen molar-refractivity contribution in [1.82, 2.24) is 5.32 Å². The molecule has 1 rings (SSSR count). The molecule has 1 aromatic carbocycles. The third-order valence-corrected chi connectivity index (χ3v) is 6.16. The second kappa shape index (κ2) is 14.5. The van der Waals surface area contributed by atoms with Crippen LogP contribution in [0.1, 0.15) is 57.1 Å². The average Bonchev–Trinajstić information content (AvgIpc) is 2.74. The Balaban J connectivity index is 2.88. The van der Waals surface area contributed by atoms with Crippen molar-refractivity contribution in [1.29, 1.82) is 0 Å². The van der Waals surface area contributed by atoms with Gasteiger partial charge >= 0.3 is 6.16 Å². The Morgan fingerprint density at radius 1 is 1.06 bits per heavy atom. The smallest absolute Gasteiger partial charge is 0.434 e. The van der Waals surface area contributed by atoms with E-state index in [0.717, 1.165) is 38.4 Å². The number of halogens is 3. The van der Waals surface area contributed by atoms with Gasteiger partial charge in [-0.15, -0.1) is 0 Å². The predicted molar refractivity (Wildman–Crippen MR) is 122 cm³/mol. The number of amides is 1. The monoisotopic (exact) mass is 513 g/mol. The van der Waals surface area contributed by atoms with Gasteiger partial charge in [-0.25, -0.2) is 17.6 Å². The fourth-order valence-electron chi connectivity index (χ4n) is 2.90. The van der Waals surface area contributed by atoms with Gasteiger partial charge in [0.2, 0.25) is 0 Å². The summed E-state index contributed by atoms with van der Waals surface area (Å²) < 4.78 is 47.5. The molecule has 1 aromatic rings. The Bertz CT molecular complexity index is 820. The summed E-state index contributed by atoms with van der Waals surface area (Å²) in [5, 5.41) is 2.28. The molecule has 0 aromatic heterocycles. The van der Waals surface area contributed by atoms with Crippen LogP contribution in [0.4, 0.5) is 9.18 Å². The number of carbonyl (C=O) groups is 2. The van der Waals surface area contributed by atoms with E-state index in [1.165, 1.54) is 24.3 Å². The molecule has 1 N–H and O–H groups in total. The highest BCUT2D eigenvalue weighted by Gasteiger charge is 2.31.